The maximum atomic E-state index is 5.56. The second kappa shape index (κ2) is 5.69. The Labute approximate surface area is 121 Å². The number of benzene rings is 1. The van der Waals surface area contributed by atoms with Crippen molar-refractivity contribution in [1.82, 2.24) is 5.32 Å². The minimum Gasteiger partial charge on any atom is -0.454 e. The van der Waals surface area contributed by atoms with Gasteiger partial charge in [-0.15, -0.1) is 0 Å². The van der Waals surface area contributed by atoms with Gasteiger partial charge in [-0.2, -0.15) is 0 Å². The lowest BCUT2D eigenvalue weighted by molar-refractivity contribution is 0.0130. The Balaban J connectivity index is 1.62. The van der Waals surface area contributed by atoms with Crippen molar-refractivity contribution in [3.05, 3.63) is 22.2 Å². The van der Waals surface area contributed by atoms with Crippen LogP contribution in [0.1, 0.15) is 25.3 Å². The standard InChI is InChI=1S/C14H18BrNO3/c1-9-4-11(2-3-17-9)16-7-10-5-12(15)14-13(6-10)18-8-19-14/h5-6,9,11,16H,2-4,7-8H2,1H3. The fourth-order valence-corrected chi connectivity index (χ4v) is 3.17. The number of fused-ring (bicyclic) bond motifs is 1. The maximum Gasteiger partial charge on any atom is 0.231 e. The quantitative estimate of drug-likeness (QED) is 0.926. The summed E-state index contributed by atoms with van der Waals surface area (Å²) in [5, 5.41) is 3.59. The summed E-state index contributed by atoms with van der Waals surface area (Å²) in [5.41, 5.74) is 1.20. The molecule has 2 aliphatic heterocycles. The first-order valence-corrected chi connectivity index (χ1v) is 7.44. The van der Waals surface area contributed by atoms with E-state index in [4.69, 9.17) is 14.2 Å². The highest BCUT2D eigenvalue weighted by atomic mass is 79.9. The first kappa shape index (κ1) is 13.2. The van der Waals surface area contributed by atoms with Gasteiger partial charge in [0, 0.05) is 19.2 Å². The van der Waals surface area contributed by atoms with Gasteiger partial charge in [-0.05, 0) is 53.4 Å². The third kappa shape index (κ3) is 3.04. The summed E-state index contributed by atoms with van der Waals surface area (Å²) in [7, 11) is 0. The molecule has 3 rings (SSSR count). The molecule has 1 saturated heterocycles. The molecule has 19 heavy (non-hydrogen) atoms. The minimum absolute atomic E-state index is 0.308. The first-order chi connectivity index (χ1) is 9.22. The number of hydrogen-bond acceptors (Lipinski definition) is 4. The summed E-state index contributed by atoms with van der Waals surface area (Å²) in [6.07, 6.45) is 2.51. The third-order valence-electron chi connectivity index (χ3n) is 3.57. The number of halogens is 1. The SMILES string of the molecule is CC1CC(NCc2cc(Br)c3c(c2)OCO3)CCO1. The Morgan fingerprint density at radius 3 is 3.11 bits per heavy atom. The molecule has 0 amide bonds. The Bertz CT molecular complexity index is 466. The van der Waals surface area contributed by atoms with E-state index in [1.54, 1.807) is 0 Å². The second-order valence-electron chi connectivity index (χ2n) is 5.10. The lowest BCUT2D eigenvalue weighted by Gasteiger charge is -2.28. The van der Waals surface area contributed by atoms with Gasteiger partial charge in [-0.3, -0.25) is 0 Å². The number of rotatable bonds is 3. The van der Waals surface area contributed by atoms with Crippen LogP contribution in [0.5, 0.6) is 11.5 Å². The summed E-state index contributed by atoms with van der Waals surface area (Å²) < 4.78 is 17.3. The van der Waals surface area contributed by atoms with Crippen molar-refractivity contribution in [3.63, 3.8) is 0 Å². The van der Waals surface area contributed by atoms with Crippen LogP contribution in [-0.4, -0.2) is 25.5 Å². The third-order valence-corrected chi connectivity index (χ3v) is 4.16. The average molecular weight is 328 g/mol. The summed E-state index contributed by atoms with van der Waals surface area (Å²) in [4.78, 5) is 0. The van der Waals surface area contributed by atoms with Gasteiger partial charge in [0.1, 0.15) is 0 Å². The highest BCUT2D eigenvalue weighted by Crippen LogP contribution is 2.39. The van der Waals surface area contributed by atoms with E-state index < -0.39 is 0 Å². The van der Waals surface area contributed by atoms with Gasteiger partial charge >= 0.3 is 0 Å². The van der Waals surface area contributed by atoms with E-state index in [1.165, 1.54) is 5.56 Å². The van der Waals surface area contributed by atoms with Crippen LogP contribution in [0, 0.1) is 0 Å². The Kier molecular flexibility index (Phi) is 3.96. The molecule has 2 atom stereocenters. The van der Waals surface area contributed by atoms with Crippen LogP contribution in [0.4, 0.5) is 0 Å². The smallest absolute Gasteiger partial charge is 0.231 e. The summed E-state index contributed by atoms with van der Waals surface area (Å²) >= 11 is 3.52. The lowest BCUT2D eigenvalue weighted by atomic mass is 10.0. The number of ether oxygens (including phenoxy) is 3. The summed E-state index contributed by atoms with van der Waals surface area (Å²) in [6, 6.07) is 4.67. The zero-order valence-electron chi connectivity index (χ0n) is 10.9. The monoisotopic (exact) mass is 327 g/mol. The first-order valence-electron chi connectivity index (χ1n) is 6.65. The highest BCUT2D eigenvalue weighted by molar-refractivity contribution is 9.10. The molecular weight excluding hydrogens is 310 g/mol. The molecule has 1 aromatic rings. The maximum absolute atomic E-state index is 5.56. The van der Waals surface area contributed by atoms with Crippen LogP contribution in [-0.2, 0) is 11.3 Å². The van der Waals surface area contributed by atoms with Crippen LogP contribution in [0.15, 0.2) is 16.6 Å². The highest BCUT2D eigenvalue weighted by Gasteiger charge is 2.20. The molecule has 0 spiro atoms. The molecule has 2 aliphatic rings. The van der Waals surface area contributed by atoms with Crippen molar-refractivity contribution in [1.29, 1.82) is 0 Å². The van der Waals surface area contributed by atoms with Gasteiger partial charge in [0.15, 0.2) is 11.5 Å². The molecule has 1 fully saturated rings. The topological polar surface area (TPSA) is 39.7 Å². The van der Waals surface area contributed by atoms with E-state index in [2.05, 4.69) is 34.2 Å². The van der Waals surface area contributed by atoms with Crippen LogP contribution >= 0.6 is 15.9 Å². The summed E-state index contributed by atoms with van der Waals surface area (Å²) in [5.74, 6) is 1.63. The van der Waals surface area contributed by atoms with Gasteiger partial charge < -0.3 is 19.5 Å². The molecule has 0 bridgehead atoms. The minimum atomic E-state index is 0.308. The van der Waals surface area contributed by atoms with Crippen molar-refractivity contribution in [2.75, 3.05) is 13.4 Å². The molecule has 4 nitrogen and oxygen atoms in total. The number of nitrogens with one attached hydrogen (secondary N) is 1. The zero-order valence-corrected chi connectivity index (χ0v) is 12.5. The lowest BCUT2D eigenvalue weighted by Crippen LogP contribution is -2.37. The normalized spacial score (nSPS) is 25.6. The molecule has 2 heterocycles. The molecule has 0 saturated carbocycles. The van der Waals surface area contributed by atoms with E-state index in [0.717, 1.165) is 42.0 Å². The van der Waals surface area contributed by atoms with E-state index in [-0.39, 0.29) is 0 Å². The molecule has 1 aromatic carbocycles. The van der Waals surface area contributed by atoms with Gasteiger partial charge in [0.2, 0.25) is 6.79 Å². The predicted molar refractivity (Wildman–Crippen MR) is 75.5 cm³/mol. The van der Waals surface area contributed by atoms with E-state index in [0.29, 0.717) is 18.9 Å². The average Bonchev–Trinajstić information content (AvgIpc) is 2.85. The van der Waals surface area contributed by atoms with Crippen molar-refractivity contribution in [2.45, 2.75) is 38.5 Å². The van der Waals surface area contributed by atoms with Crippen LogP contribution in [0.25, 0.3) is 0 Å². The molecule has 0 aromatic heterocycles. The summed E-state index contributed by atoms with van der Waals surface area (Å²) in [6.45, 7) is 4.13. The van der Waals surface area contributed by atoms with Crippen molar-refractivity contribution >= 4 is 15.9 Å². The Morgan fingerprint density at radius 2 is 2.26 bits per heavy atom. The molecule has 2 unspecified atom stereocenters. The molecule has 5 heteroatoms. The van der Waals surface area contributed by atoms with Crippen LogP contribution in [0.3, 0.4) is 0 Å². The fraction of sp³-hybridized carbons (Fsp3) is 0.571. The van der Waals surface area contributed by atoms with Gasteiger partial charge in [0.25, 0.3) is 0 Å². The zero-order chi connectivity index (χ0) is 13.2. The van der Waals surface area contributed by atoms with Crippen LogP contribution in [0.2, 0.25) is 0 Å². The molecule has 104 valence electrons. The molecule has 0 radical (unpaired) electrons. The largest absolute Gasteiger partial charge is 0.454 e. The van der Waals surface area contributed by atoms with E-state index >= 15 is 0 Å². The fourth-order valence-electron chi connectivity index (χ4n) is 2.57. The van der Waals surface area contributed by atoms with Gasteiger partial charge in [0.05, 0.1) is 10.6 Å². The number of hydrogen-bond donors (Lipinski definition) is 1. The van der Waals surface area contributed by atoms with Crippen molar-refractivity contribution in [3.8, 4) is 11.5 Å². The van der Waals surface area contributed by atoms with E-state index in [9.17, 15) is 0 Å². The predicted octanol–water partition coefficient (Wildman–Crippen LogP) is 2.83. The molecular formula is C14H18BrNO3. The molecule has 0 aliphatic carbocycles. The van der Waals surface area contributed by atoms with Crippen LogP contribution < -0.4 is 14.8 Å². The Hall–Kier alpha value is -0.780. The van der Waals surface area contributed by atoms with E-state index in [1.807, 2.05) is 6.07 Å². The molecule has 1 N–H and O–H groups in total. The Morgan fingerprint density at radius 1 is 1.37 bits per heavy atom. The van der Waals surface area contributed by atoms with Crippen molar-refractivity contribution in [2.24, 2.45) is 0 Å². The van der Waals surface area contributed by atoms with Gasteiger partial charge in [-0.1, -0.05) is 0 Å². The van der Waals surface area contributed by atoms with Crippen molar-refractivity contribution < 1.29 is 14.2 Å². The second-order valence-corrected chi connectivity index (χ2v) is 5.95. The van der Waals surface area contributed by atoms with Gasteiger partial charge in [-0.25, -0.2) is 0 Å².